The molecule has 0 bridgehead atoms. The molecule has 0 spiro atoms. The highest BCUT2D eigenvalue weighted by Crippen LogP contribution is 2.14. The van der Waals surface area contributed by atoms with Crippen LogP contribution in [0, 0.1) is 0 Å². The maximum atomic E-state index is 5.62. The topological polar surface area (TPSA) is 40.0 Å². The van der Waals surface area contributed by atoms with E-state index in [-0.39, 0.29) is 0 Å². The summed E-state index contributed by atoms with van der Waals surface area (Å²) in [4.78, 5) is 3.94. The number of hydrogen-bond donors (Lipinski definition) is 0. The Kier molecular flexibility index (Phi) is 7.97. The molecule has 0 aromatic heterocycles. The SMILES string of the molecule is CCO[Si](CC=NC)(OCC)OCC. The van der Waals surface area contributed by atoms with Crippen LogP contribution in [-0.4, -0.2) is 41.9 Å². The molecule has 0 heterocycles. The van der Waals surface area contributed by atoms with Crippen LogP contribution in [0.3, 0.4) is 0 Å². The van der Waals surface area contributed by atoms with Crippen LogP contribution < -0.4 is 0 Å². The molecule has 0 saturated heterocycles. The van der Waals surface area contributed by atoms with Crippen LogP contribution in [0.2, 0.25) is 6.04 Å². The van der Waals surface area contributed by atoms with Crippen molar-refractivity contribution in [1.82, 2.24) is 0 Å². The van der Waals surface area contributed by atoms with E-state index in [2.05, 4.69) is 4.99 Å². The average Bonchev–Trinajstić information content (AvgIpc) is 2.16. The van der Waals surface area contributed by atoms with Crippen LogP contribution in [0.5, 0.6) is 0 Å². The second kappa shape index (κ2) is 8.11. The molecule has 0 aromatic carbocycles. The van der Waals surface area contributed by atoms with Gasteiger partial charge in [0, 0.05) is 33.1 Å². The van der Waals surface area contributed by atoms with Gasteiger partial charge in [-0.15, -0.1) is 0 Å². The highest BCUT2D eigenvalue weighted by atomic mass is 28.4. The van der Waals surface area contributed by atoms with Crippen molar-refractivity contribution in [2.24, 2.45) is 4.99 Å². The van der Waals surface area contributed by atoms with Gasteiger partial charge in [-0.2, -0.15) is 0 Å². The number of rotatable bonds is 8. The zero-order valence-corrected chi connectivity index (χ0v) is 10.6. The molecular formula is C9H21NO3Si. The fourth-order valence-corrected chi connectivity index (χ4v) is 3.49. The van der Waals surface area contributed by atoms with Gasteiger partial charge in [-0.25, -0.2) is 0 Å². The molecule has 0 N–H and O–H groups in total. The fraction of sp³-hybridized carbons (Fsp3) is 0.889. The lowest BCUT2D eigenvalue weighted by atomic mass is 10.9. The van der Waals surface area contributed by atoms with Crippen LogP contribution in [-0.2, 0) is 13.3 Å². The molecule has 4 nitrogen and oxygen atoms in total. The Bertz CT molecular complexity index is 147. The zero-order chi connectivity index (χ0) is 10.9. The van der Waals surface area contributed by atoms with E-state index in [9.17, 15) is 0 Å². The predicted molar refractivity (Wildman–Crippen MR) is 59.9 cm³/mol. The Morgan fingerprint density at radius 1 is 1.00 bits per heavy atom. The summed E-state index contributed by atoms with van der Waals surface area (Å²) in [6.07, 6.45) is 1.80. The van der Waals surface area contributed by atoms with Gasteiger partial charge in [0.05, 0.1) is 6.04 Å². The molecule has 0 aromatic rings. The van der Waals surface area contributed by atoms with Crippen molar-refractivity contribution in [3.8, 4) is 0 Å². The standard InChI is InChI=1S/C9H21NO3Si/c1-5-11-14(12-6-2,13-7-3)9-8-10-4/h8H,5-7,9H2,1-4H3. The molecule has 0 radical (unpaired) electrons. The largest absolute Gasteiger partial charge is 0.506 e. The summed E-state index contributed by atoms with van der Waals surface area (Å²) in [7, 11) is -0.727. The first kappa shape index (κ1) is 13.8. The van der Waals surface area contributed by atoms with Gasteiger partial charge in [-0.1, -0.05) is 0 Å². The van der Waals surface area contributed by atoms with Crippen molar-refractivity contribution in [3.05, 3.63) is 0 Å². The van der Waals surface area contributed by atoms with Crippen LogP contribution in [0.25, 0.3) is 0 Å². The molecule has 0 atom stereocenters. The second-order valence-corrected chi connectivity index (χ2v) is 5.27. The van der Waals surface area contributed by atoms with Gasteiger partial charge in [-0.3, -0.25) is 0 Å². The van der Waals surface area contributed by atoms with Gasteiger partial charge in [0.15, 0.2) is 0 Å². The van der Waals surface area contributed by atoms with E-state index in [0.717, 1.165) is 0 Å². The molecule has 0 aliphatic carbocycles. The van der Waals surface area contributed by atoms with E-state index in [1.807, 2.05) is 20.8 Å². The lowest BCUT2D eigenvalue weighted by Gasteiger charge is -2.26. The third kappa shape index (κ3) is 4.85. The van der Waals surface area contributed by atoms with Crippen molar-refractivity contribution < 1.29 is 13.3 Å². The average molecular weight is 219 g/mol. The van der Waals surface area contributed by atoms with Crippen molar-refractivity contribution >= 4 is 15.0 Å². The monoisotopic (exact) mass is 219 g/mol. The number of nitrogens with zero attached hydrogens (tertiary/aromatic N) is 1. The minimum absolute atomic E-state index is 0.615. The van der Waals surface area contributed by atoms with Crippen LogP contribution in [0.1, 0.15) is 20.8 Å². The second-order valence-electron chi connectivity index (χ2n) is 2.63. The summed E-state index contributed by atoms with van der Waals surface area (Å²) in [6.45, 7) is 7.69. The first-order valence-corrected chi connectivity index (χ1v) is 7.00. The van der Waals surface area contributed by atoms with E-state index in [1.165, 1.54) is 0 Å². The lowest BCUT2D eigenvalue weighted by Crippen LogP contribution is -2.46. The Morgan fingerprint density at radius 2 is 1.43 bits per heavy atom. The van der Waals surface area contributed by atoms with Crippen molar-refractivity contribution in [2.75, 3.05) is 26.9 Å². The van der Waals surface area contributed by atoms with Crippen molar-refractivity contribution in [2.45, 2.75) is 26.8 Å². The summed E-state index contributed by atoms with van der Waals surface area (Å²) < 4.78 is 16.8. The smallest absolute Gasteiger partial charge is 0.374 e. The minimum Gasteiger partial charge on any atom is -0.374 e. The van der Waals surface area contributed by atoms with E-state index in [1.54, 1.807) is 13.3 Å². The Labute approximate surface area is 87.6 Å². The lowest BCUT2D eigenvalue weighted by molar-refractivity contribution is 0.0756. The Balaban J connectivity index is 4.36. The quantitative estimate of drug-likeness (QED) is 0.461. The minimum atomic E-state index is -2.47. The van der Waals surface area contributed by atoms with Gasteiger partial charge >= 0.3 is 8.80 Å². The predicted octanol–water partition coefficient (Wildman–Crippen LogP) is 1.74. The molecule has 0 saturated carbocycles. The first-order valence-electron chi connectivity index (χ1n) is 5.07. The first-order chi connectivity index (χ1) is 6.74. The summed E-state index contributed by atoms with van der Waals surface area (Å²) >= 11 is 0. The summed E-state index contributed by atoms with van der Waals surface area (Å²) in [6, 6.07) is 0.652. The molecular weight excluding hydrogens is 198 g/mol. The molecule has 5 heteroatoms. The van der Waals surface area contributed by atoms with E-state index >= 15 is 0 Å². The van der Waals surface area contributed by atoms with Gasteiger partial charge in [0.25, 0.3) is 0 Å². The molecule has 14 heavy (non-hydrogen) atoms. The maximum absolute atomic E-state index is 5.62. The van der Waals surface area contributed by atoms with Gasteiger partial charge in [0.2, 0.25) is 0 Å². The Morgan fingerprint density at radius 3 is 1.71 bits per heavy atom. The normalized spacial score (nSPS) is 12.6. The van der Waals surface area contributed by atoms with Crippen molar-refractivity contribution in [1.29, 1.82) is 0 Å². The number of aliphatic imine (C=N–C) groups is 1. The van der Waals surface area contributed by atoms with Gasteiger partial charge < -0.3 is 18.3 Å². The number of hydrogen-bond acceptors (Lipinski definition) is 4. The van der Waals surface area contributed by atoms with Crippen LogP contribution in [0.4, 0.5) is 0 Å². The van der Waals surface area contributed by atoms with E-state index in [0.29, 0.717) is 25.9 Å². The third-order valence-electron chi connectivity index (χ3n) is 1.62. The summed E-state index contributed by atoms with van der Waals surface area (Å²) in [5.41, 5.74) is 0. The van der Waals surface area contributed by atoms with Crippen LogP contribution in [0.15, 0.2) is 4.99 Å². The molecule has 0 aliphatic heterocycles. The maximum Gasteiger partial charge on any atom is 0.506 e. The van der Waals surface area contributed by atoms with Gasteiger partial charge in [0.1, 0.15) is 0 Å². The fourth-order valence-electron chi connectivity index (χ4n) is 1.16. The highest BCUT2D eigenvalue weighted by molar-refractivity contribution is 6.63. The zero-order valence-electron chi connectivity index (χ0n) is 9.58. The highest BCUT2D eigenvalue weighted by Gasteiger charge is 2.39. The molecule has 0 rings (SSSR count). The van der Waals surface area contributed by atoms with Crippen LogP contribution >= 0.6 is 0 Å². The van der Waals surface area contributed by atoms with Gasteiger partial charge in [-0.05, 0) is 20.8 Å². The van der Waals surface area contributed by atoms with Crippen molar-refractivity contribution in [3.63, 3.8) is 0 Å². The summed E-state index contributed by atoms with van der Waals surface area (Å²) in [5.74, 6) is 0. The molecule has 0 amide bonds. The van der Waals surface area contributed by atoms with E-state index in [4.69, 9.17) is 13.3 Å². The molecule has 0 aliphatic rings. The third-order valence-corrected chi connectivity index (χ3v) is 4.48. The Hall–Kier alpha value is -0.233. The van der Waals surface area contributed by atoms with E-state index < -0.39 is 8.80 Å². The molecule has 0 fully saturated rings. The summed E-state index contributed by atoms with van der Waals surface area (Å²) in [5, 5.41) is 0. The molecule has 0 unspecified atom stereocenters. The molecule has 84 valence electrons.